The van der Waals surface area contributed by atoms with Crippen molar-refractivity contribution in [3.8, 4) is 0 Å². The van der Waals surface area contributed by atoms with Gasteiger partial charge < -0.3 is 10.4 Å². The Morgan fingerprint density at radius 1 is 1.35 bits per heavy atom. The number of nitrogens with one attached hydrogen (secondary N) is 1. The number of piperazine rings is 1. The van der Waals surface area contributed by atoms with Crippen molar-refractivity contribution in [2.75, 3.05) is 45.5 Å². The predicted molar refractivity (Wildman–Crippen MR) is 65.3 cm³/mol. The van der Waals surface area contributed by atoms with Crippen LogP contribution in [-0.4, -0.2) is 80.4 Å². The molecule has 0 aromatic rings. The fraction of sp³-hybridized carbons (Fsp3) is 1.00. The molecule has 2 aliphatic heterocycles. The minimum absolute atomic E-state index is 0.170. The number of nitrogens with zero attached hydrogens (tertiary/aromatic N) is 2. The molecule has 0 spiro atoms. The number of hydrogen-bond donors (Lipinski definition) is 2. The molecule has 100 valence electrons. The Balaban J connectivity index is 1.85. The van der Waals surface area contributed by atoms with Crippen LogP contribution in [0.15, 0.2) is 0 Å². The zero-order valence-corrected chi connectivity index (χ0v) is 11.0. The van der Waals surface area contributed by atoms with Crippen LogP contribution in [0.4, 0.5) is 0 Å². The monoisotopic (exact) mass is 263 g/mol. The first-order valence-corrected chi connectivity index (χ1v) is 7.89. The lowest BCUT2D eigenvalue weighted by Crippen LogP contribution is -2.55. The van der Waals surface area contributed by atoms with E-state index in [1.165, 1.54) is 10.6 Å². The maximum absolute atomic E-state index is 11.5. The van der Waals surface area contributed by atoms with E-state index in [1.807, 2.05) is 0 Å². The Hall–Kier alpha value is -0.210. The molecule has 1 unspecified atom stereocenters. The number of aliphatic hydroxyl groups excluding tert-OH is 1. The molecule has 2 rings (SSSR count). The Morgan fingerprint density at radius 3 is 2.71 bits per heavy atom. The fourth-order valence-corrected chi connectivity index (χ4v) is 3.38. The molecule has 17 heavy (non-hydrogen) atoms. The fourth-order valence-electron chi connectivity index (χ4n) is 2.51. The summed E-state index contributed by atoms with van der Waals surface area (Å²) in [6, 6.07) is 0.170. The summed E-state index contributed by atoms with van der Waals surface area (Å²) >= 11 is 0. The summed E-state index contributed by atoms with van der Waals surface area (Å²) in [7, 11) is -3.08. The molecule has 2 saturated heterocycles. The van der Waals surface area contributed by atoms with E-state index >= 15 is 0 Å². The highest BCUT2D eigenvalue weighted by Gasteiger charge is 2.28. The normalized spacial score (nSPS) is 33.1. The second-order valence-electron chi connectivity index (χ2n) is 4.97. The van der Waals surface area contributed by atoms with Gasteiger partial charge in [0.15, 0.2) is 0 Å². The molecule has 0 saturated carbocycles. The third-order valence-corrected chi connectivity index (χ3v) is 4.68. The van der Waals surface area contributed by atoms with Crippen LogP contribution in [0, 0.1) is 0 Å². The maximum atomic E-state index is 11.5. The van der Waals surface area contributed by atoms with Crippen LogP contribution in [0.5, 0.6) is 0 Å². The Morgan fingerprint density at radius 2 is 2.12 bits per heavy atom. The molecule has 0 aromatic carbocycles. The predicted octanol–water partition coefficient (Wildman–Crippen LogP) is -1.71. The average Bonchev–Trinajstić information content (AvgIpc) is 2.63. The van der Waals surface area contributed by atoms with E-state index in [0.29, 0.717) is 26.2 Å². The van der Waals surface area contributed by atoms with Crippen LogP contribution >= 0.6 is 0 Å². The zero-order chi connectivity index (χ0) is 12.5. The standard InChI is InChI=1S/C10H21N3O3S/c1-17(15,16)13-5-3-11-9(7-13)6-12-4-2-10(14)8-12/h9-11,14H,2-8H2,1H3/t9?,10-/m0/s1. The van der Waals surface area contributed by atoms with Crippen molar-refractivity contribution in [3.05, 3.63) is 0 Å². The molecule has 0 bridgehead atoms. The molecular formula is C10H21N3O3S. The molecule has 0 aromatic heterocycles. The SMILES string of the molecule is CS(=O)(=O)N1CCNC(CN2CC[C@H](O)C2)C1. The molecule has 2 N–H and O–H groups in total. The molecule has 2 aliphatic rings. The first kappa shape index (κ1) is 13.2. The van der Waals surface area contributed by atoms with Gasteiger partial charge in [-0.25, -0.2) is 8.42 Å². The number of hydrogen-bond acceptors (Lipinski definition) is 5. The second-order valence-corrected chi connectivity index (χ2v) is 6.96. The summed E-state index contributed by atoms with van der Waals surface area (Å²) < 4.78 is 24.5. The van der Waals surface area contributed by atoms with Crippen molar-refractivity contribution in [3.63, 3.8) is 0 Å². The molecular weight excluding hydrogens is 242 g/mol. The van der Waals surface area contributed by atoms with Gasteiger partial charge in [-0.05, 0) is 6.42 Å². The zero-order valence-electron chi connectivity index (χ0n) is 10.2. The van der Waals surface area contributed by atoms with Crippen molar-refractivity contribution in [1.29, 1.82) is 0 Å². The van der Waals surface area contributed by atoms with Crippen molar-refractivity contribution < 1.29 is 13.5 Å². The third-order valence-electron chi connectivity index (χ3n) is 3.41. The Kier molecular flexibility index (Phi) is 4.04. The summed E-state index contributed by atoms with van der Waals surface area (Å²) in [5.41, 5.74) is 0. The second kappa shape index (κ2) is 5.19. The van der Waals surface area contributed by atoms with Gasteiger partial charge in [-0.3, -0.25) is 4.90 Å². The first-order valence-electron chi connectivity index (χ1n) is 6.04. The lowest BCUT2D eigenvalue weighted by atomic mass is 10.2. The van der Waals surface area contributed by atoms with Gasteiger partial charge in [0.2, 0.25) is 10.0 Å². The molecule has 0 aliphatic carbocycles. The van der Waals surface area contributed by atoms with E-state index in [0.717, 1.165) is 19.5 Å². The minimum Gasteiger partial charge on any atom is -0.392 e. The van der Waals surface area contributed by atoms with Gasteiger partial charge in [-0.1, -0.05) is 0 Å². The van der Waals surface area contributed by atoms with Crippen LogP contribution in [0.2, 0.25) is 0 Å². The van der Waals surface area contributed by atoms with Crippen LogP contribution in [0.3, 0.4) is 0 Å². The minimum atomic E-state index is -3.08. The lowest BCUT2D eigenvalue weighted by molar-refractivity contribution is 0.166. The van der Waals surface area contributed by atoms with Gasteiger partial charge in [-0.15, -0.1) is 0 Å². The lowest BCUT2D eigenvalue weighted by Gasteiger charge is -2.34. The van der Waals surface area contributed by atoms with E-state index < -0.39 is 10.0 Å². The quantitative estimate of drug-likeness (QED) is 0.634. The van der Waals surface area contributed by atoms with Crippen molar-refractivity contribution in [1.82, 2.24) is 14.5 Å². The highest BCUT2D eigenvalue weighted by atomic mass is 32.2. The number of aliphatic hydroxyl groups is 1. The van der Waals surface area contributed by atoms with Gasteiger partial charge >= 0.3 is 0 Å². The van der Waals surface area contributed by atoms with E-state index in [-0.39, 0.29) is 12.1 Å². The van der Waals surface area contributed by atoms with E-state index in [9.17, 15) is 13.5 Å². The average molecular weight is 263 g/mol. The maximum Gasteiger partial charge on any atom is 0.211 e. The summed E-state index contributed by atoms with van der Waals surface area (Å²) in [6.07, 6.45) is 1.86. The number of likely N-dealkylation sites (tertiary alicyclic amines) is 1. The van der Waals surface area contributed by atoms with Gasteiger partial charge in [0.05, 0.1) is 12.4 Å². The van der Waals surface area contributed by atoms with Crippen molar-refractivity contribution >= 4 is 10.0 Å². The first-order chi connectivity index (χ1) is 7.95. The van der Waals surface area contributed by atoms with E-state index in [2.05, 4.69) is 10.2 Å². The molecule has 2 heterocycles. The van der Waals surface area contributed by atoms with E-state index in [1.54, 1.807) is 0 Å². The van der Waals surface area contributed by atoms with Gasteiger partial charge in [-0.2, -0.15) is 4.31 Å². The molecule has 2 atom stereocenters. The number of sulfonamides is 1. The number of rotatable bonds is 3. The van der Waals surface area contributed by atoms with Gasteiger partial charge in [0.25, 0.3) is 0 Å². The smallest absolute Gasteiger partial charge is 0.211 e. The van der Waals surface area contributed by atoms with Gasteiger partial charge in [0, 0.05) is 45.3 Å². The Labute approximate surface area is 103 Å². The molecule has 0 radical (unpaired) electrons. The van der Waals surface area contributed by atoms with Crippen LogP contribution < -0.4 is 5.32 Å². The summed E-state index contributed by atoms with van der Waals surface area (Å²) in [4.78, 5) is 2.19. The highest BCUT2D eigenvalue weighted by molar-refractivity contribution is 7.88. The summed E-state index contributed by atoms with van der Waals surface area (Å²) in [5, 5.41) is 12.8. The van der Waals surface area contributed by atoms with Gasteiger partial charge in [0.1, 0.15) is 0 Å². The highest BCUT2D eigenvalue weighted by Crippen LogP contribution is 2.11. The molecule has 6 nitrogen and oxygen atoms in total. The van der Waals surface area contributed by atoms with E-state index in [4.69, 9.17) is 0 Å². The van der Waals surface area contributed by atoms with Crippen LogP contribution in [0.25, 0.3) is 0 Å². The molecule has 7 heteroatoms. The number of β-amino-alcohol motifs (C(OH)–C–C–N with tert-alkyl or cyclic N) is 1. The largest absolute Gasteiger partial charge is 0.392 e. The van der Waals surface area contributed by atoms with Crippen molar-refractivity contribution in [2.24, 2.45) is 0 Å². The van der Waals surface area contributed by atoms with Crippen LogP contribution in [0.1, 0.15) is 6.42 Å². The Bertz CT molecular complexity index is 360. The van der Waals surface area contributed by atoms with Crippen molar-refractivity contribution in [2.45, 2.75) is 18.6 Å². The third kappa shape index (κ3) is 3.62. The van der Waals surface area contributed by atoms with Crippen LogP contribution in [-0.2, 0) is 10.0 Å². The molecule has 2 fully saturated rings. The topological polar surface area (TPSA) is 72.9 Å². The summed E-state index contributed by atoms with van der Waals surface area (Å²) in [5.74, 6) is 0. The summed E-state index contributed by atoms with van der Waals surface area (Å²) in [6.45, 7) is 4.20. The molecule has 0 amide bonds.